The summed E-state index contributed by atoms with van der Waals surface area (Å²) in [7, 11) is 0. The largest absolute Gasteiger partial charge is 0.326 e. The Labute approximate surface area is 125 Å². The summed E-state index contributed by atoms with van der Waals surface area (Å²) in [5.74, 6) is 1.58. The van der Waals surface area contributed by atoms with E-state index in [1.54, 1.807) is 0 Å². The molecule has 3 heteroatoms. The maximum Gasteiger partial charge on any atom is 0.0963 e. The van der Waals surface area contributed by atoms with Gasteiger partial charge in [0, 0.05) is 23.4 Å². The third kappa shape index (κ3) is 2.94. The molecule has 1 saturated carbocycles. The summed E-state index contributed by atoms with van der Waals surface area (Å²) in [6.07, 6.45) is 5.30. The molecule has 0 bridgehead atoms. The van der Waals surface area contributed by atoms with E-state index in [0.29, 0.717) is 12.5 Å². The minimum atomic E-state index is 0.589. The molecule has 1 aromatic heterocycles. The van der Waals surface area contributed by atoms with Crippen molar-refractivity contribution in [2.75, 3.05) is 0 Å². The third-order valence-corrected chi connectivity index (χ3v) is 5.35. The van der Waals surface area contributed by atoms with Gasteiger partial charge in [-0.3, -0.25) is 0 Å². The van der Waals surface area contributed by atoms with Crippen LogP contribution in [-0.2, 0) is 6.54 Å². The molecule has 3 rings (SSSR count). The van der Waals surface area contributed by atoms with E-state index in [1.165, 1.54) is 41.8 Å². The molecule has 2 N–H and O–H groups in total. The molecular formula is C17H22N2S. The first-order valence-electron chi connectivity index (χ1n) is 7.51. The molecule has 1 aromatic carbocycles. The van der Waals surface area contributed by atoms with E-state index in [1.807, 2.05) is 11.3 Å². The number of thiazole rings is 1. The molecule has 0 radical (unpaired) electrons. The summed E-state index contributed by atoms with van der Waals surface area (Å²) < 4.78 is 0. The van der Waals surface area contributed by atoms with Gasteiger partial charge < -0.3 is 5.73 Å². The zero-order valence-electron chi connectivity index (χ0n) is 12.0. The first-order valence-corrected chi connectivity index (χ1v) is 8.39. The normalized spacial score (nSPS) is 22.9. The summed E-state index contributed by atoms with van der Waals surface area (Å²) in [5, 5.41) is 3.52. The van der Waals surface area contributed by atoms with Crippen LogP contribution < -0.4 is 5.73 Å². The van der Waals surface area contributed by atoms with Gasteiger partial charge in [-0.05, 0) is 30.4 Å². The topological polar surface area (TPSA) is 38.9 Å². The fourth-order valence-corrected chi connectivity index (χ4v) is 3.97. The molecule has 106 valence electrons. The number of nitrogens with zero attached hydrogens (tertiary/aromatic N) is 1. The van der Waals surface area contributed by atoms with Gasteiger partial charge in [-0.1, -0.05) is 38.0 Å². The Kier molecular flexibility index (Phi) is 4.18. The zero-order valence-corrected chi connectivity index (χ0v) is 12.8. The van der Waals surface area contributed by atoms with Crippen LogP contribution in [0.15, 0.2) is 29.6 Å². The highest BCUT2D eigenvalue weighted by Gasteiger charge is 2.22. The van der Waals surface area contributed by atoms with Crippen molar-refractivity contribution in [3.8, 4) is 11.3 Å². The minimum absolute atomic E-state index is 0.589. The third-order valence-electron chi connectivity index (χ3n) is 4.35. The molecule has 0 spiro atoms. The lowest BCUT2D eigenvalue weighted by Gasteiger charge is -2.24. The van der Waals surface area contributed by atoms with Crippen molar-refractivity contribution in [3.63, 3.8) is 0 Å². The van der Waals surface area contributed by atoms with Crippen LogP contribution >= 0.6 is 11.3 Å². The molecule has 20 heavy (non-hydrogen) atoms. The van der Waals surface area contributed by atoms with Gasteiger partial charge in [-0.15, -0.1) is 11.3 Å². The van der Waals surface area contributed by atoms with Crippen LogP contribution in [0.2, 0.25) is 0 Å². The van der Waals surface area contributed by atoms with Gasteiger partial charge in [0.1, 0.15) is 0 Å². The Morgan fingerprint density at radius 2 is 2.05 bits per heavy atom. The number of aromatic nitrogens is 1. The van der Waals surface area contributed by atoms with Crippen molar-refractivity contribution in [1.29, 1.82) is 0 Å². The van der Waals surface area contributed by atoms with E-state index in [-0.39, 0.29) is 0 Å². The first kappa shape index (κ1) is 13.8. The zero-order chi connectivity index (χ0) is 13.9. The Hall–Kier alpha value is -1.19. The molecule has 1 heterocycles. The van der Waals surface area contributed by atoms with Gasteiger partial charge in [0.25, 0.3) is 0 Å². The second-order valence-electron chi connectivity index (χ2n) is 5.93. The molecule has 0 saturated heterocycles. The molecule has 2 aromatic rings. The monoisotopic (exact) mass is 286 g/mol. The second kappa shape index (κ2) is 6.06. The lowest BCUT2D eigenvalue weighted by Crippen LogP contribution is -2.10. The number of nitrogens with two attached hydrogens (primary N) is 1. The van der Waals surface area contributed by atoms with Gasteiger partial charge >= 0.3 is 0 Å². The SMILES string of the molecule is CC1CCC(c2nc(-c3cccc(CN)c3)cs2)CC1. The average Bonchev–Trinajstić information content (AvgIpc) is 2.98. The summed E-state index contributed by atoms with van der Waals surface area (Å²) in [5.41, 5.74) is 9.19. The molecule has 0 amide bonds. The highest BCUT2D eigenvalue weighted by molar-refractivity contribution is 7.10. The van der Waals surface area contributed by atoms with Crippen LogP contribution in [-0.4, -0.2) is 4.98 Å². The number of benzene rings is 1. The molecule has 2 nitrogen and oxygen atoms in total. The Morgan fingerprint density at radius 1 is 1.25 bits per heavy atom. The quantitative estimate of drug-likeness (QED) is 0.898. The molecule has 1 aliphatic rings. The van der Waals surface area contributed by atoms with Gasteiger partial charge in [0.05, 0.1) is 10.7 Å². The number of hydrogen-bond donors (Lipinski definition) is 1. The molecule has 0 unspecified atom stereocenters. The lowest BCUT2D eigenvalue weighted by molar-refractivity contribution is 0.347. The van der Waals surface area contributed by atoms with Gasteiger partial charge in [-0.2, -0.15) is 0 Å². The number of rotatable bonds is 3. The van der Waals surface area contributed by atoms with E-state index in [2.05, 4.69) is 36.6 Å². The van der Waals surface area contributed by atoms with Crippen LogP contribution in [0.3, 0.4) is 0 Å². The molecule has 1 aliphatic carbocycles. The van der Waals surface area contributed by atoms with Crippen molar-refractivity contribution in [2.45, 2.75) is 45.1 Å². The van der Waals surface area contributed by atoms with E-state index in [9.17, 15) is 0 Å². The second-order valence-corrected chi connectivity index (χ2v) is 6.82. The molecule has 0 aliphatic heterocycles. The van der Waals surface area contributed by atoms with Gasteiger partial charge in [0.15, 0.2) is 0 Å². The van der Waals surface area contributed by atoms with Crippen molar-refractivity contribution in [3.05, 3.63) is 40.2 Å². The van der Waals surface area contributed by atoms with Crippen LogP contribution in [0.1, 0.15) is 49.1 Å². The predicted molar refractivity (Wildman–Crippen MR) is 85.8 cm³/mol. The maximum absolute atomic E-state index is 5.71. The molecule has 1 fully saturated rings. The van der Waals surface area contributed by atoms with Gasteiger partial charge in [0.2, 0.25) is 0 Å². The summed E-state index contributed by atoms with van der Waals surface area (Å²) in [6.45, 7) is 2.95. The van der Waals surface area contributed by atoms with Crippen LogP contribution in [0.25, 0.3) is 11.3 Å². The van der Waals surface area contributed by atoms with Crippen molar-refractivity contribution < 1.29 is 0 Å². The fraction of sp³-hybridized carbons (Fsp3) is 0.471. The first-order chi connectivity index (χ1) is 9.76. The minimum Gasteiger partial charge on any atom is -0.326 e. The van der Waals surface area contributed by atoms with Crippen LogP contribution in [0.5, 0.6) is 0 Å². The standard InChI is InChI=1S/C17H22N2S/c1-12-5-7-14(8-6-12)17-19-16(11-20-17)15-4-2-3-13(9-15)10-18/h2-4,9,11-12,14H,5-8,10,18H2,1H3. The van der Waals surface area contributed by atoms with Crippen LogP contribution in [0.4, 0.5) is 0 Å². The predicted octanol–water partition coefficient (Wildman–Crippen LogP) is 4.56. The molecular weight excluding hydrogens is 264 g/mol. The highest BCUT2D eigenvalue weighted by Crippen LogP contribution is 2.38. The van der Waals surface area contributed by atoms with E-state index in [4.69, 9.17) is 10.7 Å². The smallest absolute Gasteiger partial charge is 0.0963 e. The van der Waals surface area contributed by atoms with E-state index >= 15 is 0 Å². The van der Waals surface area contributed by atoms with Crippen molar-refractivity contribution in [2.24, 2.45) is 11.7 Å². The Balaban J connectivity index is 1.79. The fourth-order valence-electron chi connectivity index (χ4n) is 2.97. The lowest BCUT2D eigenvalue weighted by atomic mass is 9.83. The Bertz CT molecular complexity index is 568. The van der Waals surface area contributed by atoms with Crippen LogP contribution in [0, 0.1) is 5.92 Å². The maximum atomic E-state index is 5.71. The Morgan fingerprint density at radius 3 is 2.80 bits per heavy atom. The van der Waals surface area contributed by atoms with Gasteiger partial charge in [-0.25, -0.2) is 4.98 Å². The summed E-state index contributed by atoms with van der Waals surface area (Å²) in [4.78, 5) is 4.88. The van der Waals surface area contributed by atoms with Crippen molar-refractivity contribution in [1.82, 2.24) is 4.98 Å². The van der Waals surface area contributed by atoms with E-state index in [0.717, 1.165) is 11.6 Å². The highest BCUT2D eigenvalue weighted by atomic mass is 32.1. The number of hydrogen-bond acceptors (Lipinski definition) is 3. The van der Waals surface area contributed by atoms with Crippen molar-refractivity contribution >= 4 is 11.3 Å². The summed E-state index contributed by atoms with van der Waals surface area (Å²) in [6, 6.07) is 8.42. The summed E-state index contributed by atoms with van der Waals surface area (Å²) >= 11 is 1.82. The average molecular weight is 286 g/mol. The van der Waals surface area contributed by atoms with E-state index < -0.39 is 0 Å². The molecule has 0 atom stereocenters.